The molecule has 31 heavy (non-hydrogen) atoms. The minimum Gasteiger partial charge on any atom is -0.353 e. The Hall–Kier alpha value is -3.53. The van der Waals surface area contributed by atoms with Gasteiger partial charge >= 0.3 is 0 Å². The van der Waals surface area contributed by atoms with Crippen LogP contribution < -0.4 is 5.62 Å². The van der Waals surface area contributed by atoms with Gasteiger partial charge in [0.15, 0.2) is 0 Å². The highest BCUT2D eigenvalue weighted by molar-refractivity contribution is 6.09. The van der Waals surface area contributed by atoms with Gasteiger partial charge in [0.05, 0.1) is 16.9 Å². The topological polar surface area (TPSA) is 49.5 Å². The van der Waals surface area contributed by atoms with E-state index in [0.717, 1.165) is 22.4 Å². The summed E-state index contributed by atoms with van der Waals surface area (Å²) < 4.78 is 4.01. The molecular weight excluding hydrogens is 380 g/mol. The summed E-state index contributed by atoms with van der Waals surface area (Å²) in [6, 6.07) is 21.2. The van der Waals surface area contributed by atoms with Crippen molar-refractivity contribution in [2.75, 3.05) is 0 Å². The van der Waals surface area contributed by atoms with E-state index < -0.39 is 0 Å². The van der Waals surface area contributed by atoms with Crippen molar-refractivity contribution >= 4 is 21.8 Å². The Labute approximate surface area is 182 Å². The van der Waals surface area contributed by atoms with Crippen LogP contribution in [-0.2, 0) is 0 Å². The first-order valence-electron chi connectivity index (χ1n) is 10.9. The van der Waals surface area contributed by atoms with Gasteiger partial charge in [-0.2, -0.15) is 0 Å². The SMILES string of the molecule is CC(C)c1cccc(C(C)C)c1-n1ccn(-c2cccc3c2[nH]c2ccccc23)c1=N. The van der Waals surface area contributed by atoms with Crippen molar-refractivity contribution in [1.29, 1.82) is 5.41 Å². The zero-order valence-corrected chi connectivity index (χ0v) is 18.5. The summed E-state index contributed by atoms with van der Waals surface area (Å²) in [7, 11) is 0. The third kappa shape index (κ3) is 3.02. The van der Waals surface area contributed by atoms with E-state index in [9.17, 15) is 0 Å². The maximum Gasteiger partial charge on any atom is 0.211 e. The van der Waals surface area contributed by atoms with Gasteiger partial charge in [0, 0.05) is 28.7 Å². The Morgan fingerprint density at radius 1 is 0.710 bits per heavy atom. The third-order valence-corrected chi connectivity index (χ3v) is 6.18. The number of aromatic nitrogens is 3. The number of imidazole rings is 1. The van der Waals surface area contributed by atoms with Crippen molar-refractivity contribution < 1.29 is 0 Å². The lowest BCUT2D eigenvalue weighted by Crippen LogP contribution is -2.24. The molecule has 0 aliphatic rings. The van der Waals surface area contributed by atoms with E-state index in [-0.39, 0.29) is 0 Å². The predicted molar refractivity (Wildman–Crippen MR) is 128 cm³/mol. The molecular formula is C27H28N4. The summed E-state index contributed by atoms with van der Waals surface area (Å²) in [6.07, 6.45) is 4.03. The highest BCUT2D eigenvalue weighted by atomic mass is 15.2. The molecule has 0 aliphatic heterocycles. The standard InChI is InChI=1S/C27H28N4/c1-17(2)19-10-7-11-20(18(3)4)26(19)31-16-15-30(27(31)28)24-14-8-12-22-21-9-5-6-13-23(21)29-25(22)24/h5-18,28-29H,1-4H3. The summed E-state index contributed by atoms with van der Waals surface area (Å²) in [5.41, 5.74) is 7.29. The van der Waals surface area contributed by atoms with Crippen LogP contribution in [0.25, 0.3) is 33.2 Å². The smallest absolute Gasteiger partial charge is 0.211 e. The van der Waals surface area contributed by atoms with Crippen LogP contribution in [0.15, 0.2) is 73.1 Å². The molecule has 0 aliphatic carbocycles. The molecule has 2 aromatic heterocycles. The fourth-order valence-electron chi connectivity index (χ4n) is 4.61. The minimum absolute atomic E-state index is 0.376. The molecule has 0 spiro atoms. The molecule has 5 aromatic rings. The molecule has 0 bridgehead atoms. The van der Waals surface area contributed by atoms with E-state index >= 15 is 0 Å². The number of aromatic amines is 1. The second kappa shape index (κ2) is 7.31. The van der Waals surface area contributed by atoms with E-state index in [1.807, 2.05) is 27.6 Å². The van der Waals surface area contributed by atoms with E-state index in [0.29, 0.717) is 17.5 Å². The van der Waals surface area contributed by atoms with Crippen LogP contribution in [0.2, 0.25) is 0 Å². The molecule has 0 saturated carbocycles. The van der Waals surface area contributed by atoms with Crippen LogP contribution in [0.5, 0.6) is 0 Å². The quantitative estimate of drug-likeness (QED) is 0.335. The van der Waals surface area contributed by atoms with E-state index in [1.54, 1.807) is 0 Å². The minimum atomic E-state index is 0.376. The van der Waals surface area contributed by atoms with Gasteiger partial charge in [-0.05, 0) is 35.1 Å². The number of fused-ring (bicyclic) bond motifs is 3. The first-order valence-corrected chi connectivity index (χ1v) is 10.9. The average Bonchev–Trinajstić information content (AvgIpc) is 3.33. The predicted octanol–water partition coefficient (Wildman–Crippen LogP) is 6.63. The number of nitrogens with one attached hydrogen (secondary N) is 2. The van der Waals surface area contributed by atoms with Crippen LogP contribution >= 0.6 is 0 Å². The molecule has 5 rings (SSSR count). The van der Waals surface area contributed by atoms with Crippen LogP contribution in [0.3, 0.4) is 0 Å². The fraction of sp³-hybridized carbons (Fsp3) is 0.222. The van der Waals surface area contributed by atoms with Gasteiger partial charge in [0.1, 0.15) is 0 Å². The number of hydrogen-bond donors (Lipinski definition) is 2. The molecule has 4 heteroatoms. The molecule has 0 saturated heterocycles. The Morgan fingerprint density at radius 2 is 1.32 bits per heavy atom. The summed E-state index contributed by atoms with van der Waals surface area (Å²) in [4.78, 5) is 3.57. The highest BCUT2D eigenvalue weighted by Crippen LogP contribution is 2.31. The molecule has 156 valence electrons. The highest BCUT2D eigenvalue weighted by Gasteiger charge is 2.18. The molecule has 3 aromatic carbocycles. The third-order valence-electron chi connectivity index (χ3n) is 6.18. The van der Waals surface area contributed by atoms with Gasteiger partial charge in [-0.3, -0.25) is 14.5 Å². The number of benzene rings is 3. The first kappa shape index (κ1) is 19.4. The largest absolute Gasteiger partial charge is 0.353 e. The lowest BCUT2D eigenvalue weighted by Gasteiger charge is -2.20. The lowest BCUT2D eigenvalue weighted by atomic mass is 9.92. The van der Waals surface area contributed by atoms with Crippen LogP contribution in [-0.4, -0.2) is 14.1 Å². The zero-order chi connectivity index (χ0) is 21.7. The summed E-state index contributed by atoms with van der Waals surface area (Å²) in [6.45, 7) is 8.87. The van der Waals surface area contributed by atoms with Gasteiger partial charge in [0.2, 0.25) is 5.62 Å². The van der Waals surface area contributed by atoms with Gasteiger partial charge in [0.25, 0.3) is 0 Å². The number of nitrogens with zero attached hydrogens (tertiary/aromatic N) is 2. The maximum atomic E-state index is 9.10. The van der Waals surface area contributed by atoms with Crippen molar-refractivity contribution in [3.63, 3.8) is 0 Å². The number of rotatable bonds is 4. The number of hydrogen-bond acceptors (Lipinski definition) is 1. The Bertz CT molecular complexity index is 1430. The molecule has 0 unspecified atom stereocenters. The van der Waals surface area contributed by atoms with E-state index in [1.165, 1.54) is 21.9 Å². The summed E-state index contributed by atoms with van der Waals surface area (Å²) in [5.74, 6) is 0.752. The summed E-state index contributed by atoms with van der Waals surface area (Å²) in [5, 5.41) is 11.5. The summed E-state index contributed by atoms with van der Waals surface area (Å²) >= 11 is 0. The molecule has 0 amide bonds. The monoisotopic (exact) mass is 408 g/mol. The first-order chi connectivity index (χ1) is 15.0. The molecule has 0 radical (unpaired) electrons. The second-order valence-electron chi connectivity index (χ2n) is 8.83. The molecule has 4 nitrogen and oxygen atoms in total. The zero-order valence-electron chi connectivity index (χ0n) is 18.5. The van der Waals surface area contributed by atoms with Crippen LogP contribution in [0.1, 0.15) is 50.7 Å². The van der Waals surface area contributed by atoms with Crippen molar-refractivity contribution in [3.05, 3.63) is 89.8 Å². The fourth-order valence-corrected chi connectivity index (χ4v) is 4.61. The van der Waals surface area contributed by atoms with Crippen molar-refractivity contribution in [1.82, 2.24) is 14.1 Å². The number of H-pyrrole nitrogens is 1. The molecule has 2 heterocycles. The van der Waals surface area contributed by atoms with Crippen LogP contribution in [0.4, 0.5) is 0 Å². The van der Waals surface area contributed by atoms with Crippen molar-refractivity contribution in [2.24, 2.45) is 0 Å². The lowest BCUT2D eigenvalue weighted by molar-refractivity contribution is 0.771. The van der Waals surface area contributed by atoms with E-state index in [2.05, 4.69) is 87.3 Å². The van der Waals surface area contributed by atoms with Crippen molar-refractivity contribution in [3.8, 4) is 11.4 Å². The van der Waals surface area contributed by atoms with Crippen LogP contribution in [0, 0.1) is 5.41 Å². The average molecular weight is 409 g/mol. The Morgan fingerprint density at radius 3 is 2.03 bits per heavy atom. The van der Waals surface area contributed by atoms with Gasteiger partial charge < -0.3 is 4.98 Å². The Kier molecular flexibility index (Phi) is 4.58. The molecule has 0 atom stereocenters. The normalized spacial score (nSPS) is 11.9. The second-order valence-corrected chi connectivity index (χ2v) is 8.83. The van der Waals surface area contributed by atoms with Gasteiger partial charge in [-0.25, -0.2) is 0 Å². The molecule has 2 N–H and O–H groups in total. The van der Waals surface area contributed by atoms with Crippen molar-refractivity contribution in [2.45, 2.75) is 39.5 Å². The maximum absolute atomic E-state index is 9.10. The molecule has 0 fully saturated rings. The number of para-hydroxylation sites is 3. The van der Waals surface area contributed by atoms with E-state index in [4.69, 9.17) is 5.41 Å². The Balaban J connectivity index is 1.76. The van der Waals surface area contributed by atoms with Gasteiger partial charge in [-0.15, -0.1) is 0 Å². The van der Waals surface area contributed by atoms with Gasteiger partial charge in [-0.1, -0.05) is 76.2 Å².